The van der Waals surface area contributed by atoms with Crippen molar-refractivity contribution < 1.29 is 9.53 Å². The van der Waals surface area contributed by atoms with Crippen molar-refractivity contribution >= 4 is 28.4 Å². The predicted octanol–water partition coefficient (Wildman–Crippen LogP) is 6.67. The molecule has 1 aromatic heterocycles. The van der Waals surface area contributed by atoms with Crippen LogP contribution < -0.4 is 4.74 Å². The third kappa shape index (κ3) is 4.08. The minimum absolute atomic E-state index is 0.106. The highest BCUT2D eigenvalue weighted by Gasteiger charge is 2.45. The van der Waals surface area contributed by atoms with Crippen LogP contribution in [0.1, 0.15) is 84.1 Å². The van der Waals surface area contributed by atoms with Gasteiger partial charge in [-0.1, -0.05) is 39.3 Å². The Morgan fingerprint density at radius 1 is 1.26 bits per heavy atom. The zero-order valence-electron chi connectivity index (χ0n) is 19.2. The van der Waals surface area contributed by atoms with Crippen molar-refractivity contribution in [3.63, 3.8) is 0 Å². The fourth-order valence-corrected chi connectivity index (χ4v) is 6.41. The van der Waals surface area contributed by atoms with Crippen molar-refractivity contribution in [2.24, 2.45) is 11.3 Å². The molecule has 5 heteroatoms. The van der Waals surface area contributed by atoms with Crippen molar-refractivity contribution in [2.45, 2.75) is 96.7 Å². The number of amides is 1. The molecule has 1 N–H and O–H groups in total. The summed E-state index contributed by atoms with van der Waals surface area (Å²) in [6.45, 7) is 9.24. The molecule has 4 nitrogen and oxygen atoms in total. The average molecular weight is 443 g/mol. The molecule has 168 valence electrons. The molecule has 1 aromatic carbocycles. The molecule has 5 rings (SSSR count). The number of benzene rings is 1. The second kappa shape index (κ2) is 7.72. The summed E-state index contributed by atoms with van der Waals surface area (Å²) in [6, 6.07) is 4.69. The molecule has 0 radical (unpaired) electrons. The molecular formula is C26H35ClN2O2. The van der Waals surface area contributed by atoms with Crippen LogP contribution in [0.5, 0.6) is 5.75 Å². The van der Waals surface area contributed by atoms with Gasteiger partial charge in [0.15, 0.2) is 0 Å². The molecule has 31 heavy (non-hydrogen) atoms. The lowest BCUT2D eigenvalue weighted by Crippen LogP contribution is -2.58. The number of hydrogen-bond donors (Lipinski definition) is 1. The number of fused-ring (bicyclic) bond motifs is 3. The van der Waals surface area contributed by atoms with E-state index in [4.69, 9.17) is 16.3 Å². The number of H-pyrrole nitrogens is 1. The monoisotopic (exact) mass is 442 g/mol. The van der Waals surface area contributed by atoms with Crippen LogP contribution in [0, 0.1) is 11.3 Å². The topological polar surface area (TPSA) is 45.3 Å². The smallest absolute Gasteiger partial charge is 0.223 e. The first-order chi connectivity index (χ1) is 14.7. The van der Waals surface area contributed by atoms with Gasteiger partial charge in [0.25, 0.3) is 0 Å². The molecule has 1 saturated carbocycles. The number of hydrogen-bond acceptors (Lipinski definition) is 2. The summed E-state index contributed by atoms with van der Waals surface area (Å²) in [6.07, 6.45) is 9.56. The Hall–Kier alpha value is -1.68. The van der Waals surface area contributed by atoms with Gasteiger partial charge in [0.1, 0.15) is 5.75 Å². The molecule has 2 aliphatic heterocycles. The largest absolute Gasteiger partial charge is 0.488 e. The predicted molar refractivity (Wildman–Crippen MR) is 126 cm³/mol. The average Bonchev–Trinajstić information content (AvgIpc) is 3.37. The molecule has 3 fully saturated rings. The molecule has 3 unspecified atom stereocenters. The van der Waals surface area contributed by atoms with Crippen molar-refractivity contribution in [2.75, 3.05) is 0 Å². The maximum Gasteiger partial charge on any atom is 0.223 e. The Morgan fingerprint density at radius 3 is 2.58 bits per heavy atom. The zero-order valence-corrected chi connectivity index (χ0v) is 20.0. The van der Waals surface area contributed by atoms with Gasteiger partial charge in [-0.25, -0.2) is 0 Å². The summed E-state index contributed by atoms with van der Waals surface area (Å²) in [7, 11) is 0. The second-order valence-electron chi connectivity index (χ2n) is 11.2. The highest BCUT2D eigenvalue weighted by Crippen LogP contribution is 2.46. The van der Waals surface area contributed by atoms with Crippen LogP contribution in [-0.4, -0.2) is 34.0 Å². The molecule has 3 heterocycles. The van der Waals surface area contributed by atoms with Gasteiger partial charge in [0, 0.05) is 35.6 Å². The van der Waals surface area contributed by atoms with Crippen molar-refractivity contribution in [3.8, 4) is 5.75 Å². The molecule has 1 aliphatic carbocycles. The van der Waals surface area contributed by atoms with Crippen LogP contribution in [0.2, 0.25) is 5.02 Å². The quantitative estimate of drug-likeness (QED) is 0.561. The van der Waals surface area contributed by atoms with E-state index in [1.165, 1.54) is 0 Å². The van der Waals surface area contributed by atoms with Gasteiger partial charge in [-0.2, -0.15) is 0 Å². The van der Waals surface area contributed by atoms with Crippen LogP contribution in [0.25, 0.3) is 10.9 Å². The molecule has 3 aliphatic rings. The fraction of sp³-hybridized carbons (Fsp3) is 0.654. The number of rotatable bonds is 5. The van der Waals surface area contributed by atoms with Crippen LogP contribution in [0.4, 0.5) is 0 Å². The Morgan fingerprint density at radius 2 is 1.94 bits per heavy atom. The van der Waals surface area contributed by atoms with Crippen LogP contribution in [0.15, 0.2) is 18.3 Å². The Bertz CT molecular complexity index is 975. The fourth-order valence-electron chi connectivity index (χ4n) is 6.21. The molecule has 0 spiro atoms. The molecule has 3 atom stereocenters. The summed E-state index contributed by atoms with van der Waals surface area (Å²) in [4.78, 5) is 19.2. The first-order valence-electron chi connectivity index (χ1n) is 12.0. The van der Waals surface area contributed by atoms with Gasteiger partial charge in [-0.05, 0) is 73.5 Å². The first-order valence-corrected chi connectivity index (χ1v) is 12.4. The van der Waals surface area contributed by atoms with E-state index in [0.29, 0.717) is 40.8 Å². The second-order valence-corrected chi connectivity index (χ2v) is 11.6. The van der Waals surface area contributed by atoms with Crippen molar-refractivity contribution in [3.05, 3.63) is 28.9 Å². The number of aromatic amines is 1. The van der Waals surface area contributed by atoms with Gasteiger partial charge in [-0.15, -0.1) is 0 Å². The normalized spacial score (nSPS) is 28.5. The number of nitrogens with one attached hydrogen (secondary N) is 1. The molecule has 2 aromatic rings. The van der Waals surface area contributed by atoms with E-state index in [1.54, 1.807) is 0 Å². The highest BCUT2D eigenvalue weighted by molar-refractivity contribution is 6.33. The molecule has 2 saturated heterocycles. The Labute approximate surface area is 190 Å². The number of ether oxygens (including phenoxy) is 1. The minimum Gasteiger partial charge on any atom is -0.488 e. The molecular weight excluding hydrogens is 408 g/mol. The van der Waals surface area contributed by atoms with Crippen LogP contribution in [-0.2, 0) is 4.79 Å². The molecule has 2 bridgehead atoms. The zero-order chi connectivity index (χ0) is 21.9. The van der Waals surface area contributed by atoms with E-state index in [0.717, 1.165) is 60.7 Å². The number of piperidine rings is 2. The van der Waals surface area contributed by atoms with Crippen LogP contribution in [0.3, 0.4) is 0 Å². The lowest BCUT2D eigenvalue weighted by Gasteiger charge is -2.53. The van der Waals surface area contributed by atoms with Gasteiger partial charge >= 0.3 is 0 Å². The highest BCUT2D eigenvalue weighted by atomic mass is 35.5. The molecule has 1 amide bonds. The first kappa shape index (κ1) is 21.2. The number of nitrogens with zero attached hydrogens (tertiary/aromatic N) is 1. The number of carbonyl (C=O) groups is 1. The number of aromatic nitrogens is 1. The standard InChI is InChI=1S/C26H35ClN2O2/c1-15-9-17-12-26(3,4)13-18(10-15)29(17)23(30)11-16(2)20-14-28-22-8-7-21(27)25(24(20)22)31-19-5-6-19/h7-8,14-19,28H,5-6,9-13H2,1-4H3. The van der Waals surface area contributed by atoms with E-state index in [2.05, 4.69) is 37.6 Å². The minimum atomic E-state index is 0.106. The maximum absolute atomic E-state index is 13.6. The lowest BCUT2D eigenvalue weighted by atomic mass is 9.68. The number of carbonyl (C=O) groups excluding carboxylic acids is 1. The van der Waals surface area contributed by atoms with Gasteiger partial charge < -0.3 is 14.6 Å². The summed E-state index contributed by atoms with van der Waals surface area (Å²) in [5, 5.41) is 1.70. The Kier molecular flexibility index (Phi) is 5.28. The summed E-state index contributed by atoms with van der Waals surface area (Å²) in [5.74, 6) is 1.91. The van der Waals surface area contributed by atoms with Crippen LogP contribution >= 0.6 is 11.6 Å². The van der Waals surface area contributed by atoms with Crippen molar-refractivity contribution in [1.82, 2.24) is 9.88 Å². The SMILES string of the molecule is CC1CC2CC(C)(C)CC(C1)N2C(=O)CC(C)c1c[nH]c2ccc(Cl)c(OC3CC3)c12. The summed E-state index contributed by atoms with van der Waals surface area (Å²) < 4.78 is 6.19. The van der Waals surface area contributed by atoms with E-state index >= 15 is 0 Å². The van der Waals surface area contributed by atoms with E-state index < -0.39 is 0 Å². The lowest BCUT2D eigenvalue weighted by molar-refractivity contribution is -0.146. The van der Waals surface area contributed by atoms with E-state index in [1.807, 2.05) is 18.3 Å². The Balaban J connectivity index is 1.39. The van der Waals surface area contributed by atoms with Gasteiger partial charge in [-0.3, -0.25) is 4.79 Å². The van der Waals surface area contributed by atoms with E-state index in [-0.39, 0.29) is 12.0 Å². The van der Waals surface area contributed by atoms with Crippen molar-refractivity contribution in [1.29, 1.82) is 0 Å². The third-order valence-corrected chi connectivity index (χ3v) is 7.90. The summed E-state index contributed by atoms with van der Waals surface area (Å²) >= 11 is 6.53. The van der Waals surface area contributed by atoms with E-state index in [9.17, 15) is 4.79 Å². The maximum atomic E-state index is 13.6. The van der Waals surface area contributed by atoms with Gasteiger partial charge in [0.2, 0.25) is 5.91 Å². The summed E-state index contributed by atoms with van der Waals surface area (Å²) in [5.41, 5.74) is 2.50. The third-order valence-electron chi connectivity index (χ3n) is 7.60. The van der Waals surface area contributed by atoms with Gasteiger partial charge in [0.05, 0.1) is 11.1 Å². The number of halogens is 1.